The number of fused-ring (bicyclic) bond motifs is 3. The predicted molar refractivity (Wildman–Crippen MR) is 129 cm³/mol. The van der Waals surface area contributed by atoms with Crippen LogP contribution in [-0.4, -0.2) is 54.1 Å². The molecule has 1 aliphatic carbocycles. The van der Waals surface area contributed by atoms with Gasteiger partial charge in [0.05, 0.1) is 18.9 Å². The summed E-state index contributed by atoms with van der Waals surface area (Å²) in [4.78, 5) is 29.7. The highest BCUT2D eigenvalue weighted by molar-refractivity contribution is 7.19. The second-order valence-electron chi connectivity index (χ2n) is 8.60. The van der Waals surface area contributed by atoms with Gasteiger partial charge in [0.2, 0.25) is 5.91 Å². The van der Waals surface area contributed by atoms with E-state index in [1.54, 1.807) is 7.11 Å². The summed E-state index contributed by atoms with van der Waals surface area (Å²) in [5, 5.41) is 1.28. The Hall–Kier alpha value is -2.67. The molecule has 168 valence electrons. The lowest BCUT2D eigenvalue weighted by atomic mass is 9.97. The van der Waals surface area contributed by atoms with Gasteiger partial charge in [-0.2, -0.15) is 0 Å². The molecule has 1 saturated heterocycles. The number of hydrogen-bond acceptors (Lipinski definition) is 6. The summed E-state index contributed by atoms with van der Waals surface area (Å²) in [6.45, 7) is 5.21. The number of benzene rings is 1. The monoisotopic (exact) mass is 450 g/mol. The first-order valence-electron chi connectivity index (χ1n) is 11.6. The van der Waals surface area contributed by atoms with Gasteiger partial charge in [0.15, 0.2) is 0 Å². The van der Waals surface area contributed by atoms with Gasteiger partial charge in [-0.05, 0) is 48.9 Å². The quantitative estimate of drug-likeness (QED) is 0.587. The van der Waals surface area contributed by atoms with Crippen LogP contribution in [-0.2, 0) is 30.5 Å². The lowest BCUT2D eigenvalue weighted by Crippen LogP contribution is -2.49. The zero-order chi connectivity index (χ0) is 22.1. The van der Waals surface area contributed by atoms with Crippen molar-refractivity contribution in [2.24, 2.45) is 0 Å². The molecule has 5 rings (SSSR count). The molecule has 0 radical (unpaired) electrons. The molecule has 0 spiro atoms. The highest BCUT2D eigenvalue weighted by atomic mass is 32.1. The molecule has 1 aliphatic heterocycles. The smallest absolute Gasteiger partial charge is 0.227 e. The lowest BCUT2D eigenvalue weighted by Gasteiger charge is -2.36. The average molecular weight is 451 g/mol. The minimum Gasteiger partial charge on any atom is -0.497 e. The van der Waals surface area contributed by atoms with Gasteiger partial charge in [-0.1, -0.05) is 19.1 Å². The zero-order valence-electron chi connectivity index (χ0n) is 18.9. The number of thiophene rings is 1. The highest BCUT2D eigenvalue weighted by Gasteiger charge is 2.27. The van der Waals surface area contributed by atoms with Crippen molar-refractivity contribution >= 4 is 33.3 Å². The van der Waals surface area contributed by atoms with Crippen molar-refractivity contribution in [3.63, 3.8) is 0 Å². The molecule has 0 saturated carbocycles. The molecule has 1 amide bonds. The fraction of sp³-hybridized carbons (Fsp3) is 0.480. The van der Waals surface area contributed by atoms with E-state index in [9.17, 15) is 4.79 Å². The number of carbonyl (C=O) groups excluding carboxylic acids is 1. The van der Waals surface area contributed by atoms with Crippen LogP contribution in [0, 0.1) is 0 Å². The molecule has 0 atom stereocenters. The van der Waals surface area contributed by atoms with Crippen LogP contribution in [0.25, 0.3) is 10.2 Å². The van der Waals surface area contributed by atoms with Gasteiger partial charge in [-0.3, -0.25) is 4.79 Å². The second kappa shape index (κ2) is 9.06. The summed E-state index contributed by atoms with van der Waals surface area (Å²) < 4.78 is 5.21. The van der Waals surface area contributed by atoms with E-state index in [1.165, 1.54) is 35.1 Å². The van der Waals surface area contributed by atoms with E-state index in [-0.39, 0.29) is 5.91 Å². The van der Waals surface area contributed by atoms with E-state index in [4.69, 9.17) is 14.7 Å². The zero-order valence-corrected chi connectivity index (χ0v) is 19.7. The van der Waals surface area contributed by atoms with Crippen LogP contribution in [0.1, 0.15) is 41.6 Å². The third-order valence-corrected chi connectivity index (χ3v) is 7.79. The number of aromatic nitrogens is 2. The minimum absolute atomic E-state index is 0.185. The Balaban J connectivity index is 1.32. The molecule has 0 bridgehead atoms. The van der Waals surface area contributed by atoms with Gasteiger partial charge < -0.3 is 14.5 Å². The molecular formula is C25H30N4O2S. The summed E-state index contributed by atoms with van der Waals surface area (Å²) in [6, 6.07) is 7.76. The Morgan fingerprint density at radius 2 is 1.81 bits per heavy atom. The third-order valence-electron chi connectivity index (χ3n) is 6.60. The van der Waals surface area contributed by atoms with Crippen LogP contribution in [0.3, 0.4) is 0 Å². The first-order valence-corrected chi connectivity index (χ1v) is 12.4. The summed E-state index contributed by atoms with van der Waals surface area (Å²) in [5.41, 5.74) is 2.50. The van der Waals surface area contributed by atoms with Crippen molar-refractivity contribution in [3.05, 3.63) is 46.1 Å². The molecule has 3 aromatic rings. The average Bonchev–Trinajstić information content (AvgIpc) is 3.22. The highest BCUT2D eigenvalue weighted by Crippen LogP contribution is 2.40. The summed E-state index contributed by atoms with van der Waals surface area (Å²) in [6.07, 6.45) is 6.10. The van der Waals surface area contributed by atoms with Gasteiger partial charge in [0.25, 0.3) is 0 Å². The number of aryl methyl sites for hydroxylation is 3. The molecule has 1 aromatic carbocycles. The van der Waals surface area contributed by atoms with Crippen LogP contribution >= 0.6 is 11.3 Å². The van der Waals surface area contributed by atoms with Crippen molar-refractivity contribution in [2.75, 3.05) is 38.2 Å². The van der Waals surface area contributed by atoms with Crippen molar-refractivity contribution < 1.29 is 9.53 Å². The number of piperazine rings is 1. The largest absolute Gasteiger partial charge is 0.497 e. The number of rotatable bonds is 5. The normalized spacial score (nSPS) is 16.3. The summed E-state index contributed by atoms with van der Waals surface area (Å²) >= 11 is 1.87. The maximum Gasteiger partial charge on any atom is 0.227 e. The lowest BCUT2D eigenvalue weighted by molar-refractivity contribution is -0.130. The van der Waals surface area contributed by atoms with Gasteiger partial charge in [0, 0.05) is 37.5 Å². The van der Waals surface area contributed by atoms with Crippen molar-refractivity contribution in [1.82, 2.24) is 14.9 Å². The van der Waals surface area contributed by atoms with Gasteiger partial charge >= 0.3 is 0 Å². The van der Waals surface area contributed by atoms with E-state index in [0.717, 1.165) is 66.8 Å². The topological polar surface area (TPSA) is 58.6 Å². The fourth-order valence-corrected chi connectivity index (χ4v) is 6.04. The van der Waals surface area contributed by atoms with E-state index in [1.807, 2.05) is 40.5 Å². The standard InChI is InChI=1S/C25H30N4O2S/c1-3-21-26-24(23-19-6-4-5-7-20(19)32-25(23)27-21)29-14-12-28(13-15-29)22(30)16-17-8-10-18(31-2)11-9-17/h8-11H,3-7,12-16H2,1-2H3. The number of carbonyl (C=O) groups is 1. The van der Waals surface area contributed by atoms with Crippen LogP contribution in [0.15, 0.2) is 24.3 Å². The number of methoxy groups -OCH3 is 1. The van der Waals surface area contributed by atoms with E-state index < -0.39 is 0 Å². The van der Waals surface area contributed by atoms with Crippen molar-refractivity contribution in [2.45, 2.75) is 45.4 Å². The molecule has 32 heavy (non-hydrogen) atoms. The first kappa shape index (κ1) is 21.2. The minimum atomic E-state index is 0.185. The summed E-state index contributed by atoms with van der Waals surface area (Å²) in [7, 11) is 1.65. The number of nitrogens with zero attached hydrogens (tertiary/aromatic N) is 4. The van der Waals surface area contributed by atoms with Crippen LogP contribution in [0.5, 0.6) is 5.75 Å². The molecule has 1 fully saturated rings. The van der Waals surface area contributed by atoms with E-state index >= 15 is 0 Å². The maximum absolute atomic E-state index is 12.9. The van der Waals surface area contributed by atoms with Crippen LogP contribution in [0.2, 0.25) is 0 Å². The number of hydrogen-bond donors (Lipinski definition) is 0. The van der Waals surface area contributed by atoms with E-state index in [0.29, 0.717) is 6.42 Å². The number of anilines is 1. The molecule has 2 aliphatic rings. The van der Waals surface area contributed by atoms with Crippen LogP contribution in [0.4, 0.5) is 5.82 Å². The predicted octanol–water partition coefficient (Wildman–Crippen LogP) is 4.03. The third kappa shape index (κ3) is 4.06. The van der Waals surface area contributed by atoms with Crippen molar-refractivity contribution in [1.29, 1.82) is 0 Å². The van der Waals surface area contributed by atoms with E-state index in [2.05, 4.69) is 11.8 Å². The number of ether oxygens (including phenoxy) is 1. The maximum atomic E-state index is 12.9. The molecule has 0 N–H and O–H groups in total. The van der Waals surface area contributed by atoms with Gasteiger partial charge in [0.1, 0.15) is 22.2 Å². The van der Waals surface area contributed by atoms with Gasteiger partial charge in [-0.15, -0.1) is 11.3 Å². The van der Waals surface area contributed by atoms with Crippen molar-refractivity contribution in [3.8, 4) is 5.75 Å². The Kier molecular flexibility index (Phi) is 6.00. The molecule has 2 aromatic heterocycles. The SMILES string of the molecule is CCc1nc(N2CCN(C(=O)Cc3ccc(OC)cc3)CC2)c2c3c(sc2n1)CCCC3. The number of amides is 1. The summed E-state index contributed by atoms with van der Waals surface area (Å²) in [5.74, 6) is 3.01. The van der Waals surface area contributed by atoms with Crippen LogP contribution < -0.4 is 9.64 Å². The molecule has 3 heterocycles. The Bertz CT molecular complexity index is 1120. The fourth-order valence-electron chi connectivity index (χ4n) is 4.77. The molecular weight excluding hydrogens is 420 g/mol. The second-order valence-corrected chi connectivity index (χ2v) is 9.68. The molecule has 7 heteroatoms. The Morgan fingerprint density at radius 3 is 2.53 bits per heavy atom. The molecule has 6 nitrogen and oxygen atoms in total. The van der Waals surface area contributed by atoms with Gasteiger partial charge in [-0.25, -0.2) is 9.97 Å². The molecule has 0 unspecified atom stereocenters. The Labute approximate surface area is 193 Å². The Morgan fingerprint density at radius 1 is 1.06 bits per heavy atom. The first-order chi connectivity index (χ1) is 15.7.